The molecule has 17 heavy (non-hydrogen) atoms. The van der Waals surface area contributed by atoms with E-state index in [1.165, 1.54) is 31.6 Å². The second kappa shape index (κ2) is 5.96. The standard InChI is InChI=1S/C14H21BrN2/c1-11(2)17-8-4-5-12(10-17)9-13-6-3-7-14(15)16-13/h3,6-7,11-12H,4-5,8-10H2,1-2H3/t12-/m0/s1. The number of hydrogen-bond donors (Lipinski definition) is 0. The fourth-order valence-corrected chi connectivity index (χ4v) is 2.97. The molecule has 2 heterocycles. The predicted molar refractivity (Wildman–Crippen MR) is 75.1 cm³/mol. The Morgan fingerprint density at radius 1 is 1.47 bits per heavy atom. The average Bonchev–Trinajstić information content (AvgIpc) is 2.29. The van der Waals surface area contributed by atoms with E-state index in [0.717, 1.165) is 16.9 Å². The van der Waals surface area contributed by atoms with Crippen LogP contribution in [0, 0.1) is 5.92 Å². The van der Waals surface area contributed by atoms with Gasteiger partial charge in [-0.3, -0.25) is 0 Å². The summed E-state index contributed by atoms with van der Waals surface area (Å²) in [6, 6.07) is 6.88. The Balaban J connectivity index is 1.94. The number of hydrogen-bond acceptors (Lipinski definition) is 2. The minimum absolute atomic E-state index is 0.674. The Kier molecular flexibility index (Phi) is 4.57. The summed E-state index contributed by atoms with van der Waals surface area (Å²) in [7, 11) is 0. The number of piperidine rings is 1. The Bertz CT molecular complexity index is 365. The minimum atomic E-state index is 0.674. The lowest BCUT2D eigenvalue weighted by molar-refractivity contribution is 0.139. The summed E-state index contributed by atoms with van der Waals surface area (Å²) in [5.74, 6) is 0.771. The maximum Gasteiger partial charge on any atom is 0.106 e. The van der Waals surface area contributed by atoms with E-state index in [0.29, 0.717) is 6.04 Å². The third-order valence-electron chi connectivity index (χ3n) is 3.55. The van der Waals surface area contributed by atoms with Gasteiger partial charge in [-0.1, -0.05) is 6.07 Å². The van der Waals surface area contributed by atoms with Gasteiger partial charge in [0.1, 0.15) is 4.60 Å². The van der Waals surface area contributed by atoms with Crippen molar-refractivity contribution in [1.29, 1.82) is 0 Å². The number of rotatable bonds is 3. The molecule has 1 aliphatic rings. The zero-order valence-electron chi connectivity index (χ0n) is 10.7. The van der Waals surface area contributed by atoms with Crippen molar-refractivity contribution in [2.24, 2.45) is 5.92 Å². The molecule has 1 aromatic rings. The van der Waals surface area contributed by atoms with Crippen molar-refractivity contribution in [3.8, 4) is 0 Å². The third-order valence-corrected chi connectivity index (χ3v) is 3.99. The van der Waals surface area contributed by atoms with Crippen molar-refractivity contribution in [2.75, 3.05) is 13.1 Å². The van der Waals surface area contributed by atoms with Crippen LogP contribution in [0.5, 0.6) is 0 Å². The maximum atomic E-state index is 4.54. The zero-order chi connectivity index (χ0) is 12.3. The van der Waals surface area contributed by atoms with Crippen LogP contribution in [0.25, 0.3) is 0 Å². The summed E-state index contributed by atoms with van der Waals surface area (Å²) in [6.45, 7) is 7.07. The highest BCUT2D eigenvalue weighted by Gasteiger charge is 2.22. The first-order valence-corrected chi connectivity index (χ1v) is 7.30. The van der Waals surface area contributed by atoms with Crippen LogP contribution in [-0.2, 0) is 6.42 Å². The van der Waals surface area contributed by atoms with Crippen molar-refractivity contribution in [1.82, 2.24) is 9.88 Å². The smallest absolute Gasteiger partial charge is 0.106 e. The van der Waals surface area contributed by atoms with E-state index in [4.69, 9.17) is 0 Å². The van der Waals surface area contributed by atoms with Gasteiger partial charge in [0, 0.05) is 18.3 Å². The zero-order valence-corrected chi connectivity index (χ0v) is 12.3. The van der Waals surface area contributed by atoms with E-state index in [9.17, 15) is 0 Å². The van der Waals surface area contributed by atoms with E-state index in [-0.39, 0.29) is 0 Å². The average molecular weight is 297 g/mol. The molecule has 0 saturated carbocycles. The molecule has 0 unspecified atom stereocenters. The number of likely N-dealkylation sites (tertiary alicyclic amines) is 1. The van der Waals surface area contributed by atoms with Crippen molar-refractivity contribution < 1.29 is 0 Å². The molecule has 0 radical (unpaired) electrons. The summed E-state index contributed by atoms with van der Waals surface area (Å²) >= 11 is 3.44. The molecule has 0 amide bonds. The van der Waals surface area contributed by atoms with Crippen molar-refractivity contribution in [3.63, 3.8) is 0 Å². The molecular formula is C14H21BrN2. The van der Waals surface area contributed by atoms with Crippen LogP contribution in [0.3, 0.4) is 0 Å². The van der Waals surface area contributed by atoms with E-state index < -0.39 is 0 Å². The van der Waals surface area contributed by atoms with Crippen LogP contribution in [0.1, 0.15) is 32.4 Å². The van der Waals surface area contributed by atoms with Crippen LogP contribution in [0.15, 0.2) is 22.8 Å². The predicted octanol–water partition coefficient (Wildman–Crippen LogP) is 3.51. The SMILES string of the molecule is CC(C)N1CCC[C@@H](Cc2cccc(Br)n2)C1. The maximum absolute atomic E-state index is 4.54. The lowest BCUT2D eigenvalue weighted by Gasteiger charge is -2.35. The molecule has 2 rings (SSSR count). The highest BCUT2D eigenvalue weighted by Crippen LogP contribution is 2.22. The molecule has 94 valence electrons. The topological polar surface area (TPSA) is 16.1 Å². The van der Waals surface area contributed by atoms with Gasteiger partial charge in [0.2, 0.25) is 0 Å². The second-order valence-electron chi connectivity index (χ2n) is 5.25. The first kappa shape index (κ1) is 13.0. The molecule has 3 heteroatoms. The number of halogens is 1. The molecule has 2 nitrogen and oxygen atoms in total. The molecule has 0 aliphatic carbocycles. The van der Waals surface area contributed by atoms with Gasteiger partial charge in [-0.2, -0.15) is 0 Å². The summed E-state index contributed by atoms with van der Waals surface area (Å²) in [6.07, 6.45) is 3.79. The van der Waals surface area contributed by atoms with Crippen LogP contribution in [-0.4, -0.2) is 29.0 Å². The fraction of sp³-hybridized carbons (Fsp3) is 0.643. The molecule has 0 aromatic carbocycles. The van der Waals surface area contributed by atoms with E-state index >= 15 is 0 Å². The molecule has 1 aromatic heterocycles. The molecule has 1 atom stereocenters. The van der Waals surface area contributed by atoms with Gasteiger partial charge in [0.15, 0.2) is 0 Å². The molecule has 1 fully saturated rings. The molecule has 1 aliphatic heterocycles. The van der Waals surface area contributed by atoms with E-state index in [2.05, 4.69) is 51.8 Å². The number of nitrogens with zero attached hydrogens (tertiary/aromatic N) is 2. The number of aromatic nitrogens is 1. The van der Waals surface area contributed by atoms with Gasteiger partial charge in [-0.05, 0) is 73.6 Å². The largest absolute Gasteiger partial charge is 0.301 e. The Hall–Kier alpha value is -0.410. The molecule has 0 N–H and O–H groups in total. The first-order chi connectivity index (χ1) is 8.15. The molecule has 0 spiro atoms. The van der Waals surface area contributed by atoms with Crippen molar-refractivity contribution in [3.05, 3.63) is 28.5 Å². The fourth-order valence-electron chi connectivity index (χ4n) is 2.59. The quantitative estimate of drug-likeness (QED) is 0.794. The Labute approximate surface area is 113 Å². The van der Waals surface area contributed by atoms with Crippen molar-refractivity contribution in [2.45, 2.75) is 39.2 Å². The molecule has 1 saturated heterocycles. The normalized spacial score (nSPS) is 22.0. The molecular weight excluding hydrogens is 276 g/mol. The van der Waals surface area contributed by atoms with Gasteiger partial charge >= 0.3 is 0 Å². The monoisotopic (exact) mass is 296 g/mol. The summed E-state index contributed by atoms with van der Waals surface area (Å²) in [4.78, 5) is 7.12. The van der Waals surface area contributed by atoms with Gasteiger partial charge in [0.25, 0.3) is 0 Å². The highest BCUT2D eigenvalue weighted by atomic mass is 79.9. The third kappa shape index (κ3) is 3.78. The van der Waals surface area contributed by atoms with E-state index in [1.54, 1.807) is 0 Å². The van der Waals surface area contributed by atoms with Gasteiger partial charge in [-0.15, -0.1) is 0 Å². The van der Waals surface area contributed by atoms with Crippen molar-refractivity contribution >= 4 is 15.9 Å². The van der Waals surface area contributed by atoms with Crippen LogP contribution in [0.4, 0.5) is 0 Å². The second-order valence-corrected chi connectivity index (χ2v) is 6.07. The van der Waals surface area contributed by atoms with Crippen LogP contribution < -0.4 is 0 Å². The van der Waals surface area contributed by atoms with Crippen LogP contribution >= 0.6 is 15.9 Å². The van der Waals surface area contributed by atoms with Gasteiger partial charge in [-0.25, -0.2) is 4.98 Å². The molecule has 0 bridgehead atoms. The first-order valence-electron chi connectivity index (χ1n) is 6.50. The number of pyridine rings is 1. The Morgan fingerprint density at radius 2 is 2.29 bits per heavy atom. The lowest BCUT2D eigenvalue weighted by atomic mass is 9.92. The Morgan fingerprint density at radius 3 is 3.00 bits per heavy atom. The lowest BCUT2D eigenvalue weighted by Crippen LogP contribution is -2.40. The van der Waals surface area contributed by atoms with E-state index in [1.807, 2.05) is 6.07 Å². The summed E-state index contributed by atoms with van der Waals surface area (Å²) < 4.78 is 0.950. The highest BCUT2D eigenvalue weighted by molar-refractivity contribution is 9.10. The van der Waals surface area contributed by atoms with Gasteiger partial charge < -0.3 is 4.90 Å². The van der Waals surface area contributed by atoms with Gasteiger partial charge in [0.05, 0.1) is 0 Å². The minimum Gasteiger partial charge on any atom is -0.301 e. The summed E-state index contributed by atoms with van der Waals surface area (Å²) in [5, 5.41) is 0. The summed E-state index contributed by atoms with van der Waals surface area (Å²) in [5.41, 5.74) is 1.22. The van der Waals surface area contributed by atoms with Crippen LogP contribution in [0.2, 0.25) is 0 Å².